The number of rotatable bonds is 3. The van der Waals surface area contributed by atoms with E-state index in [-0.39, 0.29) is 11.8 Å². The van der Waals surface area contributed by atoms with Gasteiger partial charge in [0.15, 0.2) is 0 Å². The van der Waals surface area contributed by atoms with Crippen molar-refractivity contribution in [1.82, 2.24) is 4.90 Å². The monoisotopic (exact) mass is 353 g/mol. The van der Waals surface area contributed by atoms with E-state index in [4.69, 9.17) is 0 Å². The van der Waals surface area contributed by atoms with Crippen molar-refractivity contribution in [2.24, 2.45) is 0 Å². The van der Waals surface area contributed by atoms with E-state index in [2.05, 4.69) is 25.6 Å². The number of imide groups is 1. The highest BCUT2D eigenvalue weighted by Gasteiger charge is 2.30. The smallest absolute Gasteiger partial charge is 0.261 e. The summed E-state index contributed by atoms with van der Waals surface area (Å²) in [4.78, 5) is 26.4. The van der Waals surface area contributed by atoms with Gasteiger partial charge in [-0.3, -0.25) is 14.5 Å². The van der Waals surface area contributed by atoms with Crippen LogP contribution < -0.4 is 0 Å². The topological polar surface area (TPSA) is 37.4 Å². The van der Waals surface area contributed by atoms with Crippen LogP contribution in [0.4, 0.5) is 0 Å². The van der Waals surface area contributed by atoms with Crippen molar-refractivity contribution in [1.29, 1.82) is 0 Å². The fourth-order valence-electron chi connectivity index (χ4n) is 3.77. The van der Waals surface area contributed by atoms with Gasteiger partial charge in [-0.05, 0) is 46.7 Å². The molecule has 0 fully saturated rings. The van der Waals surface area contributed by atoms with Crippen LogP contribution >= 0.6 is 0 Å². The summed E-state index contributed by atoms with van der Waals surface area (Å²) in [6, 6.07) is 17.6. The molecule has 27 heavy (non-hydrogen) atoms. The van der Waals surface area contributed by atoms with Crippen LogP contribution in [0, 0.1) is 6.92 Å². The van der Waals surface area contributed by atoms with E-state index in [1.54, 1.807) is 12.1 Å². The van der Waals surface area contributed by atoms with Crippen LogP contribution in [0.5, 0.6) is 0 Å². The first-order valence-corrected chi connectivity index (χ1v) is 8.81. The Morgan fingerprint density at radius 1 is 0.889 bits per heavy atom. The van der Waals surface area contributed by atoms with Crippen molar-refractivity contribution in [2.75, 3.05) is 7.05 Å². The number of amides is 2. The molecule has 3 heteroatoms. The number of nitrogens with zero attached hydrogens (tertiary/aromatic N) is 1. The van der Waals surface area contributed by atoms with Gasteiger partial charge in [-0.2, -0.15) is 0 Å². The van der Waals surface area contributed by atoms with E-state index < -0.39 is 0 Å². The molecular weight excluding hydrogens is 334 g/mol. The predicted octanol–water partition coefficient (Wildman–Crippen LogP) is 4.99. The Morgan fingerprint density at radius 3 is 2.30 bits per heavy atom. The van der Waals surface area contributed by atoms with Crippen LogP contribution in [-0.2, 0) is 0 Å². The summed E-state index contributed by atoms with van der Waals surface area (Å²) in [7, 11) is 1.52. The van der Waals surface area contributed by atoms with Gasteiger partial charge < -0.3 is 0 Å². The second-order valence-electron chi connectivity index (χ2n) is 6.69. The van der Waals surface area contributed by atoms with Gasteiger partial charge in [-0.1, -0.05) is 61.2 Å². The van der Waals surface area contributed by atoms with Gasteiger partial charge >= 0.3 is 0 Å². The average molecular weight is 353 g/mol. The Balaban J connectivity index is 2.07. The Morgan fingerprint density at radius 2 is 1.59 bits per heavy atom. The molecule has 2 amide bonds. The van der Waals surface area contributed by atoms with Crippen molar-refractivity contribution in [3.8, 4) is 0 Å². The van der Waals surface area contributed by atoms with E-state index in [1.165, 1.54) is 11.9 Å². The normalized spacial score (nSPS) is 14.0. The molecule has 0 bridgehead atoms. The number of hydrogen-bond donors (Lipinski definition) is 0. The van der Waals surface area contributed by atoms with Crippen LogP contribution in [0.15, 0.2) is 73.3 Å². The largest absolute Gasteiger partial charge is 0.277 e. The quantitative estimate of drug-likeness (QED) is 0.491. The molecule has 0 radical (unpaired) electrons. The molecule has 1 aliphatic heterocycles. The van der Waals surface area contributed by atoms with Crippen LogP contribution in [0.25, 0.3) is 16.3 Å². The zero-order valence-corrected chi connectivity index (χ0v) is 15.3. The highest BCUT2D eigenvalue weighted by Crippen LogP contribution is 2.37. The summed E-state index contributed by atoms with van der Waals surface area (Å²) in [5.41, 5.74) is 5.38. The van der Waals surface area contributed by atoms with Gasteiger partial charge in [0, 0.05) is 23.6 Å². The number of carbonyl (C=O) groups excluding carboxylic acids is 2. The lowest BCUT2D eigenvalue weighted by Gasteiger charge is -2.25. The standard InChI is InChI=1S/C24H19NO2/c1-4-8-17(16-10-6-5-9-15(16)2)18-13-14-21-22-19(18)11-7-12-20(22)23(26)25(3)24(21)27/h4-14H,1H2,2-3H3/b17-8+. The second-order valence-corrected chi connectivity index (χ2v) is 6.69. The number of hydrogen-bond acceptors (Lipinski definition) is 2. The highest BCUT2D eigenvalue weighted by molar-refractivity contribution is 6.26. The first-order chi connectivity index (χ1) is 13.0. The predicted molar refractivity (Wildman–Crippen MR) is 109 cm³/mol. The molecule has 0 saturated heterocycles. The lowest BCUT2D eigenvalue weighted by molar-refractivity contribution is 0.0650. The number of carbonyl (C=O) groups is 2. The van der Waals surface area contributed by atoms with Crippen molar-refractivity contribution in [2.45, 2.75) is 6.92 Å². The van der Waals surface area contributed by atoms with Gasteiger partial charge in [0.1, 0.15) is 0 Å². The summed E-state index contributed by atoms with van der Waals surface area (Å²) in [6.45, 7) is 5.94. The molecule has 0 spiro atoms. The minimum atomic E-state index is -0.264. The first-order valence-electron chi connectivity index (χ1n) is 8.81. The average Bonchev–Trinajstić information content (AvgIpc) is 2.69. The Bertz CT molecular complexity index is 1130. The van der Waals surface area contributed by atoms with Gasteiger partial charge in [0.05, 0.1) is 0 Å². The molecule has 0 saturated carbocycles. The van der Waals surface area contributed by atoms with E-state index >= 15 is 0 Å². The van der Waals surface area contributed by atoms with E-state index in [0.717, 1.165) is 33.0 Å². The maximum atomic E-state index is 12.6. The fourth-order valence-corrected chi connectivity index (χ4v) is 3.77. The summed E-state index contributed by atoms with van der Waals surface area (Å²) >= 11 is 0. The Hall–Kier alpha value is -3.46. The molecule has 3 aromatic rings. The number of allylic oxidation sites excluding steroid dienone is 2. The zero-order valence-electron chi connectivity index (χ0n) is 15.3. The molecule has 3 aromatic carbocycles. The summed E-state index contributed by atoms with van der Waals surface area (Å²) in [5.74, 6) is -0.527. The zero-order chi connectivity index (χ0) is 19.1. The molecular formula is C24H19NO2. The highest BCUT2D eigenvalue weighted by atomic mass is 16.2. The molecule has 0 atom stereocenters. The van der Waals surface area contributed by atoms with Gasteiger partial charge in [0.2, 0.25) is 0 Å². The minimum Gasteiger partial charge on any atom is -0.277 e. The molecule has 0 aromatic heterocycles. The van der Waals surface area contributed by atoms with Gasteiger partial charge in [0.25, 0.3) is 11.8 Å². The van der Waals surface area contributed by atoms with Crippen molar-refractivity contribution >= 4 is 28.2 Å². The fraction of sp³-hybridized carbons (Fsp3) is 0.0833. The summed E-state index contributed by atoms with van der Waals surface area (Å²) < 4.78 is 0. The third-order valence-corrected chi connectivity index (χ3v) is 5.12. The lowest BCUT2D eigenvalue weighted by atomic mass is 9.86. The lowest BCUT2D eigenvalue weighted by Crippen LogP contribution is -2.36. The van der Waals surface area contributed by atoms with Crippen LogP contribution in [-0.4, -0.2) is 23.8 Å². The molecule has 0 N–H and O–H groups in total. The molecule has 0 unspecified atom stereocenters. The van der Waals surface area contributed by atoms with Crippen molar-refractivity contribution in [3.05, 3.63) is 101 Å². The van der Waals surface area contributed by atoms with E-state index in [9.17, 15) is 9.59 Å². The number of aryl methyl sites for hydroxylation is 1. The van der Waals surface area contributed by atoms with Crippen LogP contribution in [0.1, 0.15) is 37.4 Å². The van der Waals surface area contributed by atoms with Crippen molar-refractivity contribution < 1.29 is 9.59 Å². The second kappa shape index (κ2) is 6.36. The summed E-state index contributed by atoms with van der Waals surface area (Å²) in [5, 5.41) is 1.63. The van der Waals surface area contributed by atoms with Crippen LogP contribution in [0.2, 0.25) is 0 Å². The first kappa shape index (κ1) is 17.0. The molecule has 132 valence electrons. The third kappa shape index (κ3) is 2.51. The van der Waals surface area contributed by atoms with Crippen LogP contribution in [0.3, 0.4) is 0 Å². The maximum absolute atomic E-state index is 12.6. The Labute approximate surface area is 158 Å². The van der Waals surface area contributed by atoms with E-state index in [1.807, 2.05) is 42.5 Å². The summed E-state index contributed by atoms with van der Waals surface area (Å²) in [6.07, 6.45) is 3.74. The molecule has 1 aliphatic rings. The minimum absolute atomic E-state index is 0.264. The van der Waals surface area contributed by atoms with Gasteiger partial charge in [-0.25, -0.2) is 0 Å². The maximum Gasteiger partial charge on any atom is 0.261 e. The Kier molecular flexibility index (Phi) is 4.00. The third-order valence-electron chi connectivity index (χ3n) is 5.12. The van der Waals surface area contributed by atoms with Gasteiger partial charge in [-0.15, -0.1) is 0 Å². The molecule has 1 heterocycles. The number of benzene rings is 3. The SMILES string of the molecule is C=C/C=C(\c1ccccc1C)c1ccc2c3c(cccc13)C(=O)N(C)C2=O. The molecule has 4 rings (SSSR count). The molecule has 3 nitrogen and oxygen atoms in total. The van der Waals surface area contributed by atoms with E-state index in [0.29, 0.717) is 11.1 Å². The van der Waals surface area contributed by atoms with Crippen molar-refractivity contribution in [3.63, 3.8) is 0 Å². The molecule has 0 aliphatic carbocycles.